The van der Waals surface area contributed by atoms with Crippen molar-refractivity contribution >= 4 is 22.6 Å². The Labute approximate surface area is 167 Å². The van der Waals surface area contributed by atoms with Crippen LogP contribution >= 0.6 is 0 Å². The highest BCUT2D eigenvalue weighted by Crippen LogP contribution is 2.41. The molecule has 1 atom stereocenters. The Kier molecular flexibility index (Phi) is 5.28. The second kappa shape index (κ2) is 7.70. The van der Waals surface area contributed by atoms with E-state index in [2.05, 4.69) is 43.0 Å². The van der Waals surface area contributed by atoms with Crippen molar-refractivity contribution in [3.05, 3.63) is 35.4 Å². The first-order valence-corrected chi connectivity index (χ1v) is 10.5. The van der Waals surface area contributed by atoms with E-state index in [4.69, 9.17) is 9.72 Å². The number of carbonyl (C=O) groups is 1. The van der Waals surface area contributed by atoms with Crippen LogP contribution in [0.2, 0.25) is 0 Å². The zero-order valence-corrected chi connectivity index (χ0v) is 17.3. The van der Waals surface area contributed by atoms with E-state index in [9.17, 15) is 4.79 Å². The van der Waals surface area contributed by atoms with E-state index >= 15 is 0 Å². The minimum Gasteiger partial charge on any atom is -0.383 e. The first-order valence-electron chi connectivity index (χ1n) is 10.5. The van der Waals surface area contributed by atoms with E-state index in [1.165, 1.54) is 16.5 Å². The van der Waals surface area contributed by atoms with E-state index in [1.54, 1.807) is 7.11 Å². The van der Waals surface area contributed by atoms with Gasteiger partial charge in [0.2, 0.25) is 5.91 Å². The molecule has 1 aromatic heterocycles. The average molecular weight is 382 g/mol. The van der Waals surface area contributed by atoms with Gasteiger partial charge in [-0.3, -0.25) is 4.79 Å². The normalized spacial score (nSPS) is 22.6. The molecule has 150 valence electrons. The lowest BCUT2D eigenvalue weighted by molar-refractivity contribution is -0.145. The molecule has 2 aliphatic heterocycles. The van der Waals surface area contributed by atoms with Crippen LogP contribution in [0.15, 0.2) is 24.3 Å². The zero-order valence-electron chi connectivity index (χ0n) is 17.3. The van der Waals surface area contributed by atoms with Crippen LogP contribution < -0.4 is 4.90 Å². The molecule has 1 unspecified atom stereocenters. The molecule has 0 aliphatic carbocycles. The van der Waals surface area contributed by atoms with Crippen LogP contribution in [0.1, 0.15) is 37.3 Å². The van der Waals surface area contributed by atoms with Crippen LogP contribution in [0.25, 0.3) is 10.9 Å². The number of aryl methyl sites for hydroxylation is 2. The first kappa shape index (κ1) is 19.2. The van der Waals surface area contributed by atoms with Crippen LogP contribution in [-0.4, -0.2) is 55.7 Å². The van der Waals surface area contributed by atoms with Gasteiger partial charge in [0.05, 0.1) is 17.5 Å². The maximum atomic E-state index is 13.2. The summed E-state index contributed by atoms with van der Waals surface area (Å²) in [6.07, 6.45) is 4.02. The molecule has 0 saturated carbocycles. The van der Waals surface area contributed by atoms with Crippen LogP contribution in [0.4, 0.5) is 5.82 Å². The van der Waals surface area contributed by atoms with Gasteiger partial charge in [-0.15, -0.1) is 0 Å². The van der Waals surface area contributed by atoms with Gasteiger partial charge in [-0.05, 0) is 61.9 Å². The minimum absolute atomic E-state index is 0.247. The number of carbonyl (C=O) groups excluding carboxylic acids is 1. The summed E-state index contributed by atoms with van der Waals surface area (Å²) in [7, 11) is 1.69. The summed E-state index contributed by atoms with van der Waals surface area (Å²) in [6.45, 7) is 8.18. The molecule has 1 aromatic carbocycles. The number of aromatic nitrogens is 1. The molecular formula is C23H31N3O2. The molecule has 5 nitrogen and oxygen atoms in total. The number of ether oxygens (including phenoxy) is 1. The van der Waals surface area contributed by atoms with Gasteiger partial charge < -0.3 is 14.5 Å². The fourth-order valence-corrected chi connectivity index (χ4v) is 4.82. The summed E-state index contributed by atoms with van der Waals surface area (Å²) < 4.78 is 5.19. The number of likely N-dealkylation sites (tertiary alicyclic amines) is 1. The smallest absolute Gasteiger partial charge is 0.230 e. The van der Waals surface area contributed by atoms with Gasteiger partial charge in [-0.2, -0.15) is 0 Å². The molecule has 0 bridgehead atoms. The molecule has 2 aromatic rings. The Morgan fingerprint density at radius 2 is 2.07 bits per heavy atom. The van der Waals surface area contributed by atoms with Crippen LogP contribution in [0.3, 0.4) is 0 Å². The largest absolute Gasteiger partial charge is 0.383 e. The molecule has 28 heavy (non-hydrogen) atoms. The van der Waals surface area contributed by atoms with E-state index in [1.807, 2.05) is 4.90 Å². The number of pyridine rings is 1. The molecule has 2 fully saturated rings. The number of piperidine rings is 1. The lowest BCUT2D eigenvalue weighted by Gasteiger charge is -2.39. The molecule has 3 heterocycles. The predicted octanol–water partition coefficient (Wildman–Crippen LogP) is 3.57. The first-order chi connectivity index (χ1) is 13.6. The highest BCUT2D eigenvalue weighted by molar-refractivity contribution is 5.86. The molecule has 2 saturated heterocycles. The van der Waals surface area contributed by atoms with Crippen molar-refractivity contribution < 1.29 is 9.53 Å². The molecule has 5 heteroatoms. The van der Waals surface area contributed by atoms with Gasteiger partial charge in [-0.25, -0.2) is 4.98 Å². The number of amides is 1. The lowest BCUT2D eigenvalue weighted by atomic mass is 9.78. The van der Waals surface area contributed by atoms with E-state index in [-0.39, 0.29) is 5.41 Å². The van der Waals surface area contributed by atoms with Crippen LogP contribution in [0, 0.1) is 12.3 Å². The predicted molar refractivity (Wildman–Crippen MR) is 113 cm³/mol. The third-order valence-electron chi connectivity index (χ3n) is 6.54. The third kappa shape index (κ3) is 3.37. The van der Waals surface area contributed by atoms with Crippen LogP contribution in [-0.2, 0) is 16.0 Å². The van der Waals surface area contributed by atoms with E-state index in [0.29, 0.717) is 19.1 Å². The van der Waals surface area contributed by atoms with Crippen molar-refractivity contribution in [1.29, 1.82) is 0 Å². The quantitative estimate of drug-likeness (QED) is 0.794. The zero-order chi connectivity index (χ0) is 19.7. The maximum absolute atomic E-state index is 13.2. The molecule has 1 amide bonds. The summed E-state index contributed by atoms with van der Waals surface area (Å²) in [5, 5.41) is 1.23. The number of benzene rings is 1. The van der Waals surface area contributed by atoms with Gasteiger partial charge in [-0.1, -0.05) is 13.0 Å². The van der Waals surface area contributed by atoms with Crippen molar-refractivity contribution in [2.45, 2.75) is 39.5 Å². The summed E-state index contributed by atoms with van der Waals surface area (Å²) >= 11 is 0. The van der Waals surface area contributed by atoms with Crippen molar-refractivity contribution in [1.82, 2.24) is 9.88 Å². The van der Waals surface area contributed by atoms with Crippen molar-refractivity contribution in [2.24, 2.45) is 5.41 Å². The van der Waals surface area contributed by atoms with Gasteiger partial charge in [0, 0.05) is 38.7 Å². The number of hydrogen-bond donors (Lipinski definition) is 0. The van der Waals surface area contributed by atoms with Crippen molar-refractivity contribution in [3.8, 4) is 0 Å². The fraction of sp³-hybridized carbons (Fsp3) is 0.565. The SMILES string of the molecule is CCc1ccc2nc(N3CCC4(CCCN(CCOC)C4=O)C3)cc(C)c2c1. The molecular weight excluding hydrogens is 350 g/mol. The second-order valence-corrected chi connectivity index (χ2v) is 8.34. The highest BCUT2D eigenvalue weighted by Gasteiger charge is 2.48. The third-order valence-corrected chi connectivity index (χ3v) is 6.54. The molecule has 0 radical (unpaired) electrons. The van der Waals surface area contributed by atoms with Gasteiger partial charge >= 0.3 is 0 Å². The Hall–Kier alpha value is -2.14. The summed E-state index contributed by atoms with van der Waals surface area (Å²) in [6, 6.07) is 8.75. The average Bonchev–Trinajstić information content (AvgIpc) is 3.14. The van der Waals surface area contributed by atoms with E-state index in [0.717, 1.165) is 56.7 Å². The Morgan fingerprint density at radius 1 is 1.21 bits per heavy atom. The number of rotatable bonds is 5. The number of hydrogen-bond acceptors (Lipinski definition) is 4. The van der Waals surface area contributed by atoms with E-state index < -0.39 is 0 Å². The maximum Gasteiger partial charge on any atom is 0.230 e. The molecule has 2 aliphatic rings. The number of fused-ring (bicyclic) bond motifs is 1. The van der Waals surface area contributed by atoms with Crippen molar-refractivity contribution in [3.63, 3.8) is 0 Å². The van der Waals surface area contributed by atoms with Gasteiger partial charge in [0.25, 0.3) is 0 Å². The monoisotopic (exact) mass is 381 g/mol. The molecule has 1 spiro atoms. The Morgan fingerprint density at radius 3 is 2.86 bits per heavy atom. The molecule has 0 N–H and O–H groups in total. The summed E-state index contributed by atoms with van der Waals surface area (Å²) in [5.74, 6) is 1.32. The highest BCUT2D eigenvalue weighted by atomic mass is 16.5. The van der Waals surface area contributed by atoms with Gasteiger partial charge in [0.1, 0.15) is 5.82 Å². The van der Waals surface area contributed by atoms with Crippen molar-refractivity contribution in [2.75, 3.05) is 44.8 Å². The second-order valence-electron chi connectivity index (χ2n) is 8.34. The fourth-order valence-electron chi connectivity index (χ4n) is 4.82. The van der Waals surface area contributed by atoms with Gasteiger partial charge in [0.15, 0.2) is 0 Å². The number of anilines is 1. The summed E-state index contributed by atoms with van der Waals surface area (Å²) in [4.78, 5) is 22.5. The number of methoxy groups -OCH3 is 1. The molecule has 4 rings (SSSR count). The topological polar surface area (TPSA) is 45.7 Å². The standard InChI is InChI=1S/C23H31N3O2/c1-4-18-6-7-20-19(15-18)17(2)14-21(24-20)26-11-9-23(16-26)8-5-10-25(22(23)27)12-13-28-3/h6-7,14-15H,4-5,8-13,16H2,1-3H3. The lowest BCUT2D eigenvalue weighted by Crippen LogP contribution is -2.51. The Balaban J connectivity index is 1.57. The number of nitrogens with zero attached hydrogens (tertiary/aromatic N) is 3. The minimum atomic E-state index is -0.247. The Bertz CT molecular complexity index is 882. The summed E-state index contributed by atoms with van der Waals surface area (Å²) in [5.41, 5.74) is 3.40. The van der Waals surface area contributed by atoms with Crippen LogP contribution in [0.5, 0.6) is 0 Å².